The molecule has 5 heteroatoms. The van der Waals surface area contributed by atoms with Crippen LogP contribution in [0.4, 0.5) is 5.69 Å². The van der Waals surface area contributed by atoms with Crippen LogP contribution >= 0.6 is 0 Å². The Labute approximate surface area is 125 Å². The average molecular weight is 289 g/mol. The largest absolute Gasteiger partial charge is 0.465 e. The highest BCUT2D eigenvalue weighted by atomic mass is 16.5. The van der Waals surface area contributed by atoms with E-state index in [1.807, 2.05) is 18.2 Å². The third kappa shape index (κ3) is 2.74. The van der Waals surface area contributed by atoms with Gasteiger partial charge in [-0.1, -0.05) is 26.8 Å². The zero-order valence-corrected chi connectivity index (χ0v) is 13.2. The molecule has 0 amide bonds. The Bertz CT molecular complexity index is 589. The highest BCUT2D eigenvalue weighted by Crippen LogP contribution is 2.37. The minimum atomic E-state index is -0.364. The third-order valence-corrected chi connectivity index (χ3v) is 4.12. The zero-order valence-electron chi connectivity index (χ0n) is 13.2. The molecule has 1 unspecified atom stereocenters. The zero-order chi connectivity index (χ0) is 15.8. The van der Waals surface area contributed by atoms with Crippen LogP contribution in [0.1, 0.15) is 38.1 Å². The molecule has 0 saturated carbocycles. The van der Waals surface area contributed by atoms with E-state index in [0.717, 1.165) is 5.69 Å². The number of anilines is 1. The van der Waals surface area contributed by atoms with Crippen molar-refractivity contribution in [2.24, 2.45) is 11.1 Å². The minimum absolute atomic E-state index is 0.00761. The Balaban J connectivity index is 2.33. The lowest BCUT2D eigenvalue weighted by Crippen LogP contribution is -2.53. The summed E-state index contributed by atoms with van der Waals surface area (Å²) in [5, 5.41) is 1.80. The van der Waals surface area contributed by atoms with E-state index in [0.29, 0.717) is 11.4 Å². The molecule has 0 radical (unpaired) electrons. The summed E-state index contributed by atoms with van der Waals surface area (Å²) in [6.45, 7) is 8.55. The monoisotopic (exact) mass is 289 g/mol. The Hall–Kier alpha value is -2.01. The van der Waals surface area contributed by atoms with Crippen molar-refractivity contribution < 1.29 is 9.53 Å². The summed E-state index contributed by atoms with van der Waals surface area (Å²) in [5.41, 5.74) is 10.6. The van der Waals surface area contributed by atoms with Crippen molar-refractivity contribution in [3.63, 3.8) is 0 Å². The van der Waals surface area contributed by atoms with Crippen LogP contribution in [0.15, 0.2) is 36.2 Å². The van der Waals surface area contributed by atoms with Gasteiger partial charge in [-0.25, -0.2) is 10.2 Å². The van der Waals surface area contributed by atoms with Crippen molar-refractivity contribution in [3.8, 4) is 0 Å². The predicted octanol–water partition coefficient (Wildman–Crippen LogP) is 2.40. The van der Waals surface area contributed by atoms with Gasteiger partial charge in [0, 0.05) is 0 Å². The molecule has 0 fully saturated rings. The lowest BCUT2D eigenvalue weighted by atomic mass is 9.76. The van der Waals surface area contributed by atoms with E-state index >= 15 is 0 Å². The van der Waals surface area contributed by atoms with Crippen LogP contribution in [-0.2, 0) is 4.74 Å². The van der Waals surface area contributed by atoms with Crippen molar-refractivity contribution in [2.75, 3.05) is 12.1 Å². The minimum Gasteiger partial charge on any atom is -0.465 e. The summed E-state index contributed by atoms with van der Waals surface area (Å²) in [6, 6.07) is 7.18. The Morgan fingerprint density at radius 1 is 1.38 bits per heavy atom. The van der Waals surface area contributed by atoms with Crippen molar-refractivity contribution in [1.29, 1.82) is 0 Å². The number of hydrogen-bond acceptors (Lipinski definition) is 5. The molecule has 3 N–H and O–H groups in total. The standard InChI is InChI=1S/C16H23N3O2/c1-15(2,3)16(4)10-13(17)19(18-16)12-8-6-7-11(9-12)14(20)21-5/h6-10,18H,17H2,1-5H3. The molecular formula is C16H23N3O2. The normalized spacial score (nSPS) is 22.1. The summed E-state index contributed by atoms with van der Waals surface area (Å²) in [4.78, 5) is 11.6. The van der Waals surface area contributed by atoms with Crippen LogP contribution in [0.25, 0.3) is 0 Å². The van der Waals surface area contributed by atoms with Gasteiger partial charge in [0.25, 0.3) is 0 Å². The number of methoxy groups -OCH3 is 1. The van der Waals surface area contributed by atoms with Gasteiger partial charge >= 0.3 is 5.97 Å². The number of benzene rings is 1. The summed E-state index contributed by atoms with van der Waals surface area (Å²) in [7, 11) is 1.37. The van der Waals surface area contributed by atoms with Crippen LogP contribution in [0.5, 0.6) is 0 Å². The molecule has 1 aromatic rings. The smallest absolute Gasteiger partial charge is 0.337 e. The van der Waals surface area contributed by atoms with E-state index < -0.39 is 0 Å². The quantitative estimate of drug-likeness (QED) is 0.818. The number of nitrogens with two attached hydrogens (primary N) is 1. The van der Waals surface area contributed by atoms with Crippen LogP contribution in [-0.4, -0.2) is 18.6 Å². The fourth-order valence-electron chi connectivity index (χ4n) is 2.18. The number of carbonyl (C=O) groups is 1. The molecule has 1 aromatic carbocycles. The topological polar surface area (TPSA) is 67.6 Å². The first kappa shape index (κ1) is 15.4. The fraction of sp³-hybridized carbons (Fsp3) is 0.438. The number of esters is 1. The molecule has 1 atom stereocenters. The number of rotatable bonds is 2. The number of hydrazine groups is 1. The van der Waals surface area contributed by atoms with Crippen LogP contribution < -0.4 is 16.2 Å². The summed E-state index contributed by atoms with van der Waals surface area (Å²) < 4.78 is 4.75. The Kier molecular flexibility index (Phi) is 3.72. The molecule has 0 aromatic heterocycles. The molecular weight excluding hydrogens is 266 g/mol. The first-order valence-electron chi connectivity index (χ1n) is 6.92. The van der Waals surface area contributed by atoms with Crippen LogP contribution in [0.3, 0.4) is 0 Å². The molecule has 0 saturated heterocycles. The SMILES string of the molecule is COC(=O)c1cccc(N2NC(C)(C(C)(C)C)C=C2N)c1. The lowest BCUT2D eigenvalue weighted by molar-refractivity contribution is 0.0600. The van der Waals surface area contributed by atoms with Gasteiger partial charge < -0.3 is 10.5 Å². The number of nitrogens with zero attached hydrogens (tertiary/aromatic N) is 1. The van der Waals surface area contributed by atoms with Gasteiger partial charge in [-0.15, -0.1) is 0 Å². The van der Waals surface area contributed by atoms with Gasteiger partial charge in [-0.3, -0.25) is 5.01 Å². The Morgan fingerprint density at radius 2 is 2.05 bits per heavy atom. The number of hydrogen-bond donors (Lipinski definition) is 2. The maximum absolute atomic E-state index is 11.6. The van der Waals surface area contributed by atoms with Crippen molar-refractivity contribution in [1.82, 2.24) is 5.43 Å². The molecule has 114 valence electrons. The predicted molar refractivity (Wildman–Crippen MR) is 83.5 cm³/mol. The van der Waals surface area contributed by atoms with Crippen molar-refractivity contribution >= 4 is 11.7 Å². The molecule has 1 aliphatic heterocycles. The van der Waals surface area contributed by atoms with Crippen molar-refractivity contribution in [2.45, 2.75) is 33.2 Å². The summed E-state index contributed by atoms with van der Waals surface area (Å²) >= 11 is 0. The molecule has 0 spiro atoms. The van der Waals surface area contributed by atoms with Crippen LogP contribution in [0, 0.1) is 5.41 Å². The van der Waals surface area contributed by atoms with E-state index in [1.165, 1.54) is 7.11 Å². The molecule has 21 heavy (non-hydrogen) atoms. The number of carbonyl (C=O) groups excluding carboxylic acids is 1. The summed E-state index contributed by atoms with van der Waals surface area (Å²) in [6.07, 6.45) is 2.01. The maximum Gasteiger partial charge on any atom is 0.337 e. The van der Waals surface area contributed by atoms with E-state index in [2.05, 4.69) is 33.1 Å². The molecule has 0 aliphatic carbocycles. The van der Waals surface area contributed by atoms with E-state index in [1.54, 1.807) is 17.1 Å². The van der Waals surface area contributed by atoms with Gasteiger partial charge in [0.2, 0.25) is 0 Å². The number of ether oxygens (including phenoxy) is 1. The van der Waals surface area contributed by atoms with Crippen molar-refractivity contribution in [3.05, 3.63) is 41.7 Å². The van der Waals surface area contributed by atoms with Crippen LogP contribution in [0.2, 0.25) is 0 Å². The molecule has 0 bridgehead atoms. The summed E-state index contributed by atoms with van der Waals surface area (Å²) in [5.74, 6) is 0.256. The van der Waals surface area contributed by atoms with Gasteiger partial charge in [-0.2, -0.15) is 0 Å². The van der Waals surface area contributed by atoms with E-state index in [4.69, 9.17) is 10.5 Å². The highest BCUT2D eigenvalue weighted by Gasteiger charge is 2.42. The fourth-order valence-corrected chi connectivity index (χ4v) is 2.18. The first-order valence-corrected chi connectivity index (χ1v) is 6.92. The average Bonchev–Trinajstić information content (AvgIpc) is 2.74. The second-order valence-corrected chi connectivity index (χ2v) is 6.51. The van der Waals surface area contributed by atoms with Gasteiger partial charge in [-0.05, 0) is 36.6 Å². The second kappa shape index (κ2) is 5.07. The van der Waals surface area contributed by atoms with Gasteiger partial charge in [0.15, 0.2) is 0 Å². The lowest BCUT2D eigenvalue weighted by Gasteiger charge is -2.38. The molecule has 1 aliphatic rings. The maximum atomic E-state index is 11.6. The molecule has 5 nitrogen and oxygen atoms in total. The highest BCUT2D eigenvalue weighted by molar-refractivity contribution is 5.90. The van der Waals surface area contributed by atoms with Gasteiger partial charge in [0.05, 0.1) is 23.9 Å². The molecule has 2 rings (SSSR count). The Morgan fingerprint density at radius 3 is 2.57 bits per heavy atom. The second-order valence-electron chi connectivity index (χ2n) is 6.51. The van der Waals surface area contributed by atoms with E-state index in [9.17, 15) is 4.79 Å². The molecule has 1 heterocycles. The first-order chi connectivity index (χ1) is 9.68. The number of nitrogens with one attached hydrogen (secondary N) is 1. The third-order valence-electron chi connectivity index (χ3n) is 4.12. The van der Waals surface area contributed by atoms with Gasteiger partial charge in [0.1, 0.15) is 5.82 Å². The van der Waals surface area contributed by atoms with E-state index in [-0.39, 0.29) is 16.9 Å².